The van der Waals surface area contributed by atoms with Crippen LogP contribution in [0.3, 0.4) is 0 Å². The van der Waals surface area contributed by atoms with Crippen LogP contribution in [-0.2, 0) is 30.5 Å². The van der Waals surface area contributed by atoms with E-state index in [1.807, 2.05) is 31.5 Å². The van der Waals surface area contributed by atoms with Crippen molar-refractivity contribution in [3.8, 4) is 0 Å². The lowest BCUT2D eigenvalue weighted by molar-refractivity contribution is -0.150. The molecule has 2 aromatic rings. The van der Waals surface area contributed by atoms with Crippen LogP contribution in [0.2, 0.25) is 0 Å². The van der Waals surface area contributed by atoms with Gasteiger partial charge in [0.2, 0.25) is 17.7 Å². The van der Waals surface area contributed by atoms with Gasteiger partial charge in [-0.15, -0.1) is 0 Å². The van der Waals surface area contributed by atoms with Crippen molar-refractivity contribution in [2.45, 2.75) is 65.5 Å². The Bertz CT molecular complexity index is 1200. The van der Waals surface area contributed by atoms with Crippen molar-refractivity contribution in [1.82, 2.24) is 16.0 Å². The third kappa shape index (κ3) is 14.2. The molecule has 1 atom stereocenters. The largest absolute Gasteiger partial charge is 0.461 e. The molecule has 14 heteroatoms. The van der Waals surface area contributed by atoms with E-state index in [4.69, 9.17) is 15.6 Å². The fourth-order valence-corrected chi connectivity index (χ4v) is 4.68. The molecule has 7 N–H and O–H groups in total. The monoisotopic (exact) mass is 665 g/mol. The second-order valence-corrected chi connectivity index (χ2v) is 10.4. The number of carbonyl (C=O) groups is 5. The molecule has 0 radical (unpaired) electrons. The van der Waals surface area contributed by atoms with Gasteiger partial charge in [0.25, 0.3) is 0 Å². The number of nitrogens with one attached hydrogen (secondary N) is 4. The van der Waals surface area contributed by atoms with E-state index >= 15 is 0 Å². The molecule has 3 rings (SSSR count). The van der Waals surface area contributed by atoms with Crippen LogP contribution in [0.4, 0.5) is 10.5 Å². The van der Waals surface area contributed by atoms with Gasteiger partial charge >= 0.3 is 12.0 Å². The molecule has 1 heterocycles. The first-order valence-corrected chi connectivity index (χ1v) is 15.5. The number of hydrogen-bond donors (Lipinski definition) is 6. The first kappa shape index (κ1) is 41.1. The molecule has 1 fully saturated rings. The Hall–Kier alpha value is -3.88. The third-order valence-electron chi connectivity index (χ3n) is 6.44. The summed E-state index contributed by atoms with van der Waals surface area (Å²) in [6, 6.07) is 7.38. The number of primary amides is 1. The molecule has 1 aromatic heterocycles. The third-order valence-corrected chi connectivity index (χ3v) is 7.14. The number of carbonyl (C=O) groups excluding carboxylic acids is 5. The highest BCUT2D eigenvalue weighted by molar-refractivity contribution is 7.59. The maximum Gasteiger partial charge on any atom is 0.312 e. The van der Waals surface area contributed by atoms with Gasteiger partial charge in [0.05, 0.1) is 25.6 Å². The van der Waals surface area contributed by atoms with E-state index in [1.165, 1.54) is 17.4 Å². The van der Waals surface area contributed by atoms with Crippen molar-refractivity contribution in [1.29, 1.82) is 0 Å². The van der Waals surface area contributed by atoms with Gasteiger partial charge in [0.1, 0.15) is 12.0 Å². The fourth-order valence-electron chi connectivity index (χ4n) is 3.96. The van der Waals surface area contributed by atoms with Gasteiger partial charge in [0, 0.05) is 12.2 Å². The number of anilines is 1. The number of nitrogens with two attached hydrogens (primary N) is 1. The van der Waals surface area contributed by atoms with E-state index in [2.05, 4.69) is 27.8 Å². The number of thiophene rings is 1. The minimum absolute atomic E-state index is 0. The molecule has 1 unspecified atom stereocenters. The Morgan fingerprint density at radius 3 is 2.22 bits per heavy atom. The summed E-state index contributed by atoms with van der Waals surface area (Å²) in [7, 11) is 0. The number of aliphatic hydroxyl groups excluding tert-OH is 1. The quantitative estimate of drug-likeness (QED) is 0.101. The zero-order chi connectivity index (χ0) is 33.0. The van der Waals surface area contributed by atoms with Crippen molar-refractivity contribution in [3.05, 3.63) is 64.9 Å². The highest BCUT2D eigenvalue weighted by Gasteiger charge is 2.51. The molecule has 250 valence electrons. The molecule has 1 aliphatic carbocycles. The second-order valence-electron chi connectivity index (χ2n) is 9.57. The lowest BCUT2D eigenvalue weighted by Gasteiger charge is -2.39. The Labute approximate surface area is 276 Å². The highest BCUT2D eigenvalue weighted by Crippen LogP contribution is 2.42. The van der Waals surface area contributed by atoms with Crippen molar-refractivity contribution in [2.24, 2.45) is 11.1 Å². The zero-order valence-electron chi connectivity index (χ0n) is 26.1. The smallest absolute Gasteiger partial charge is 0.312 e. The van der Waals surface area contributed by atoms with E-state index in [0.717, 1.165) is 12.0 Å². The van der Waals surface area contributed by atoms with Gasteiger partial charge in [0.15, 0.2) is 0 Å². The molecular weight excluding hydrogens is 619 g/mol. The van der Waals surface area contributed by atoms with Crippen molar-refractivity contribution >= 4 is 60.2 Å². The van der Waals surface area contributed by atoms with Crippen LogP contribution in [0.1, 0.15) is 70.0 Å². The van der Waals surface area contributed by atoms with Crippen molar-refractivity contribution < 1.29 is 33.8 Å². The summed E-state index contributed by atoms with van der Waals surface area (Å²) < 4.78 is 5.06. The molecule has 1 aliphatic rings. The number of hydrogen-bond acceptors (Lipinski definition) is 8. The summed E-state index contributed by atoms with van der Waals surface area (Å²) in [5.74, 6) is -1.93. The Kier molecular flexibility index (Phi) is 20.7. The van der Waals surface area contributed by atoms with Gasteiger partial charge in [-0.05, 0) is 59.3 Å². The maximum atomic E-state index is 13.2. The van der Waals surface area contributed by atoms with Gasteiger partial charge in [-0.3, -0.25) is 19.2 Å². The fraction of sp³-hybridized carbons (Fsp3) is 0.452. The number of esters is 1. The number of aliphatic hydroxyl groups is 1. The average Bonchev–Trinajstić information content (AvgIpc) is 3.54. The zero-order valence-corrected chi connectivity index (χ0v) is 28.0. The van der Waals surface area contributed by atoms with Gasteiger partial charge in [-0.1, -0.05) is 52.0 Å². The van der Waals surface area contributed by atoms with Crippen LogP contribution in [0.5, 0.6) is 0 Å². The number of rotatable bonds is 14. The van der Waals surface area contributed by atoms with Crippen LogP contribution in [-0.4, -0.2) is 54.5 Å². The van der Waals surface area contributed by atoms with Gasteiger partial charge < -0.3 is 36.8 Å². The minimum atomic E-state index is -1.29. The Morgan fingerprint density at radius 2 is 1.76 bits per heavy atom. The molecule has 0 aliphatic heterocycles. The standard InChI is InChI=1S/C25H29N3O6S.C4H10N2O.C2H6.H2S/c1-2-11-34-22(31)13-20(18-8-12-35-16-18)28-24(33)25(9-3-10-25)23(32)26-14-21(30)27-19-6-4-17(15-29)5-7-19;1-2-3-6-4(5)7;1-2;/h2,4-8,12,16,20,29H,1,3,9-11,13-15H2,(H,26,32)(H,27,30)(H,28,33);2-3H2,1H3,(H3,5,6,7);1-2H3;1H2. The van der Waals surface area contributed by atoms with E-state index in [-0.39, 0.29) is 39.7 Å². The first-order valence-electron chi connectivity index (χ1n) is 14.6. The Balaban J connectivity index is 0.00000171. The summed E-state index contributed by atoms with van der Waals surface area (Å²) in [6.07, 6.45) is 3.73. The molecular formula is C31H47N5O7S2. The summed E-state index contributed by atoms with van der Waals surface area (Å²) in [6.45, 7) is 9.84. The lowest BCUT2D eigenvalue weighted by atomic mass is 9.67. The van der Waals surface area contributed by atoms with Crippen molar-refractivity contribution in [3.63, 3.8) is 0 Å². The molecule has 5 amide bonds. The second kappa shape index (κ2) is 22.6. The Morgan fingerprint density at radius 1 is 1.09 bits per heavy atom. The number of ether oxygens (including phenoxy) is 1. The topological polar surface area (TPSA) is 189 Å². The predicted molar refractivity (Wildman–Crippen MR) is 181 cm³/mol. The summed E-state index contributed by atoms with van der Waals surface area (Å²) >= 11 is 1.43. The molecule has 0 saturated heterocycles. The van der Waals surface area contributed by atoms with E-state index in [1.54, 1.807) is 30.3 Å². The predicted octanol–water partition coefficient (Wildman–Crippen LogP) is 3.65. The molecule has 45 heavy (non-hydrogen) atoms. The van der Waals surface area contributed by atoms with Crippen LogP contribution in [0.25, 0.3) is 0 Å². The molecule has 12 nitrogen and oxygen atoms in total. The first-order chi connectivity index (χ1) is 21.1. The van der Waals surface area contributed by atoms with Crippen LogP contribution < -0.4 is 27.0 Å². The molecule has 0 spiro atoms. The minimum Gasteiger partial charge on any atom is -0.461 e. The van der Waals surface area contributed by atoms with E-state index in [0.29, 0.717) is 37.1 Å². The van der Waals surface area contributed by atoms with Gasteiger partial charge in [-0.25, -0.2) is 4.79 Å². The van der Waals surface area contributed by atoms with Crippen LogP contribution in [0, 0.1) is 5.41 Å². The summed E-state index contributed by atoms with van der Waals surface area (Å²) in [5.41, 5.74) is 5.43. The van der Waals surface area contributed by atoms with Crippen LogP contribution in [0.15, 0.2) is 53.7 Å². The normalized spacial score (nSPS) is 12.8. The van der Waals surface area contributed by atoms with Gasteiger partial charge in [-0.2, -0.15) is 24.8 Å². The van der Waals surface area contributed by atoms with Crippen molar-refractivity contribution in [2.75, 3.05) is 25.0 Å². The highest BCUT2D eigenvalue weighted by atomic mass is 32.1. The van der Waals surface area contributed by atoms with E-state index in [9.17, 15) is 24.0 Å². The van der Waals surface area contributed by atoms with Crippen LogP contribution >= 0.6 is 24.8 Å². The maximum absolute atomic E-state index is 13.2. The molecule has 1 saturated carbocycles. The van der Waals surface area contributed by atoms with E-state index < -0.39 is 41.2 Å². The number of benzene rings is 1. The SMILES string of the molecule is C=CCOC(=O)CC(NC(=O)C1(C(=O)NCC(=O)Nc2ccc(CO)cc2)CCC1)c1ccsc1.CC.CCCNC(N)=O.S. The molecule has 0 bridgehead atoms. The lowest BCUT2D eigenvalue weighted by Crippen LogP contribution is -2.56. The number of amides is 5. The average molecular weight is 666 g/mol. The summed E-state index contributed by atoms with van der Waals surface area (Å²) in [4.78, 5) is 60.5. The number of urea groups is 1. The molecule has 1 aromatic carbocycles. The summed E-state index contributed by atoms with van der Waals surface area (Å²) in [5, 5.41) is 23.3.